The quantitative estimate of drug-likeness (QED) is 0.172. The van der Waals surface area contributed by atoms with E-state index in [0.29, 0.717) is 25.1 Å². The Kier molecular flexibility index (Phi) is 8.30. The molecular formula is C20H34IN5O2. The summed E-state index contributed by atoms with van der Waals surface area (Å²) >= 11 is 0. The first-order valence-corrected chi connectivity index (χ1v) is 10.2. The molecule has 0 spiro atoms. The minimum absolute atomic E-state index is 0. The van der Waals surface area contributed by atoms with E-state index in [-0.39, 0.29) is 59.5 Å². The third-order valence-corrected chi connectivity index (χ3v) is 6.51. The molecule has 2 aliphatic carbocycles. The van der Waals surface area contributed by atoms with Crippen molar-refractivity contribution in [1.29, 1.82) is 0 Å². The number of guanidine groups is 1. The van der Waals surface area contributed by atoms with E-state index in [2.05, 4.69) is 53.6 Å². The van der Waals surface area contributed by atoms with Gasteiger partial charge in [-0.2, -0.15) is 0 Å². The van der Waals surface area contributed by atoms with Crippen molar-refractivity contribution in [3.63, 3.8) is 0 Å². The molecule has 0 radical (unpaired) electrons. The molecule has 158 valence electrons. The number of nitrogens with zero attached hydrogens (tertiary/aromatic N) is 3. The second kappa shape index (κ2) is 10.0. The molecule has 3 aliphatic rings. The van der Waals surface area contributed by atoms with E-state index in [1.165, 1.54) is 4.90 Å². The number of aliphatic imine (C=N–C) groups is 1. The minimum Gasteiger partial charge on any atom is -0.355 e. The van der Waals surface area contributed by atoms with Crippen LogP contribution in [0.25, 0.3) is 0 Å². The van der Waals surface area contributed by atoms with Gasteiger partial charge in [-0.05, 0) is 38.6 Å². The Hall–Kier alpha value is -1.16. The van der Waals surface area contributed by atoms with Gasteiger partial charge in [0.15, 0.2) is 5.96 Å². The number of hydrogen-bond acceptors (Lipinski definition) is 4. The molecule has 1 saturated heterocycles. The number of likely N-dealkylation sites (N-methyl/N-ethyl adjacent to an activating group) is 1. The van der Waals surface area contributed by atoms with Crippen molar-refractivity contribution < 1.29 is 9.59 Å². The summed E-state index contributed by atoms with van der Waals surface area (Å²) in [6, 6.07) is 0.554. The Bertz CT molecular complexity index is 608. The first-order valence-electron chi connectivity index (χ1n) is 10.2. The van der Waals surface area contributed by atoms with Gasteiger partial charge < -0.3 is 15.5 Å². The van der Waals surface area contributed by atoms with E-state index in [1.807, 2.05) is 0 Å². The van der Waals surface area contributed by atoms with Crippen LogP contribution in [0.15, 0.2) is 17.1 Å². The topological polar surface area (TPSA) is 77.0 Å². The van der Waals surface area contributed by atoms with Gasteiger partial charge in [-0.25, -0.2) is 0 Å². The fourth-order valence-corrected chi connectivity index (χ4v) is 4.57. The number of amides is 2. The van der Waals surface area contributed by atoms with Crippen LogP contribution >= 0.6 is 24.0 Å². The largest absolute Gasteiger partial charge is 0.355 e. The van der Waals surface area contributed by atoms with Crippen molar-refractivity contribution >= 4 is 41.8 Å². The molecule has 1 heterocycles. The Morgan fingerprint density at radius 1 is 1.21 bits per heavy atom. The highest BCUT2D eigenvalue weighted by molar-refractivity contribution is 14.0. The highest BCUT2D eigenvalue weighted by atomic mass is 127. The zero-order valence-electron chi connectivity index (χ0n) is 17.4. The summed E-state index contributed by atoms with van der Waals surface area (Å²) in [5.41, 5.74) is 0. The van der Waals surface area contributed by atoms with Crippen molar-refractivity contribution in [3.8, 4) is 0 Å². The van der Waals surface area contributed by atoms with Gasteiger partial charge in [0.2, 0.25) is 11.8 Å². The van der Waals surface area contributed by atoms with Crippen LogP contribution in [-0.2, 0) is 9.59 Å². The molecule has 28 heavy (non-hydrogen) atoms. The summed E-state index contributed by atoms with van der Waals surface area (Å²) in [4.78, 5) is 33.3. The van der Waals surface area contributed by atoms with E-state index in [9.17, 15) is 9.59 Å². The lowest BCUT2D eigenvalue weighted by atomic mass is 9.85. The Morgan fingerprint density at radius 2 is 1.79 bits per heavy atom. The third kappa shape index (κ3) is 4.53. The number of likely N-dealkylation sites (tertiary alicyclic amines) is 1. The van der Waals surface area contributed by atoms with Gasteiger partial charge in [-0.1, -0.05) is 19.1 Å². The molecule has 1 aliphatic heterocycles. The van der Waals surface area contributed by atoms with Crippen LogP contribution in [0.5, 0.6) is 0 Å². The summed E-state index contributed by atoms with van der Waals surface area (Å²) in [7, 11) is 3.85. The number of carbonyl (C=O) groups is 2. The van der Waals surface area contributed by atoms with Crippen LogP contribution in [0.4, 0.5) is 0 Å². The van der Waals surface area contributed by atoms with E-state index in [0.717, 1.165) is 25.9 Å². The maximum absolute atomic E-state index is 12.7. The molecule has 7 nitrogen and oxygen atoms in total. The lowest BCUT2D eigenvalue weighted by molar-refractivity contribution is -0.140. The first kappa shape index (κ1) is 23.1. The summed E-state index contributed by atoms with van der Waals surface area (Å²) in [6.45, 7) is 7.04. The molecule has 2 N–H and O–H groups in total. The Morgan fingerprint density at radius 3 is 2.32 bits per heavy atom. The summed E-state index contributed by atoms with van der Waals surface area (Å²) in [5.74, 6) is 1.05. The van der Waals surface area contributed by atoms with Crippen LogP contribution < -0.4 is 10.6 Å². The highest BCUT2D eigenvalue weighted by Gasteiger charge is 2.58. The number of carbonyl (C=O) groups excluding carboxylic acids is 2. The van der Waals surface area contributed by atoms with E-state index < -0.39 is 0 Å². The molecular weight excluding hydrogens is 469 g/mol. The molecule has 5 atom stereocenters. The van der Waals surface area contributed by atoms with Crippen molar-refractivity contribution in [2.24, 2.45) is 28.7 Å². The van der Waals surface area contributed by atoms with Gasteiger partial charge in [0.05, 0.1) is 11.8 Å². The van der Waals surface area contributed by atoms with Gasteiger partial charge in [-0.3, -0.25) is 19.5 Å². The fraction of sp³-hybridized carbons (Fsp3) is 0.750. The van der Waals surface area contributed by atoms with Gasteiger partial charge in [-0.15, -0.1) is 24.0 Å². The molecule has 8 heteroatoms. The van der Waals surface area contributed by atoms with Crippen molar-refractivity contribution in [1.82, 2.24) is 20.4 Å². The van der Waals surface area contributed by atoms with E-state index in [4.69, 9.17) is 0 Å². The molecule has 0 aromatic carbocycles. The predicted octanol–water partition coefficient (Wildman–Crippen LogP) is 1.31. The normalized spacial score (nSPS) is 29.3. The molecule has 0 aromatic heterocycles. The van der Waals surface area contributed by atoms with Crippen LogP contribution in [0.2, 0.25) is 0 Å². The van der Waals surface area contributed by atoms with Crippen LogP contribution in [-0.4, -0.2) is 73.9 Å². The Labute approximate surface area is 185 Å². The number of hydrogen-bond donors (Lipinski definition) is 2. The van der Waals surface area contributed by atoms with Gasteiger partial charge in [0.1, 0.15) is 0 Å². The van der Waals surface area contributed by atoms with Crippen molar-refractivity contribution in [2.45, 2.75) is 32.7 Å². The minimum atomic E-state index is -0.110. The van der Waals surface area contributed by atoms with E-state index >= 15 is 0 Å². The monoisotopic (exact) mass is 503 g/mol. The second-order valence-corrected chi connectivity index (χ2v) is 7.99. The molecule has 1 saturated carbocycles. The van der Waals surface area contributed by atoms with Gasteiger partial charge in [0, 0.05) is 39.3 Å². The zero-order chi connectivity index (χ0) is 19.6. The zero-order valence-corrected chi connectivity index (χ0v) is 19.7. The van der Waals surface area contributed by atoms with Gasteiger partial charge >= 0.3 is 0 Å². The summed E-state index contributed by atoms with van der Waals surface area (Å²) < 4.78 is 0. The summed E-state index contributed by atoms with van der Waals surface area (Å²) in [6.07, 6.45) is 6.35. The average Bonchev–Trinajstić information content (AvgIpc) is 3.35. The van der Waals surface area contributed by atoms with Crippen LogP contribution in [0.3, 0.4) is 0 Å². The number of rotatable bonds is 8. The standard InChI is InChI=1S/C20H33N5O2.HI/c1-5-13(2)24(4)10-8-22-20(21-3)23-9-11-25-18(26)16-14-6-7-15(12-14)17(16)19(25)27;/h6-7,13-17H,5,8-12H2,1-4H3,(H2,21,22,23);1H. The molecule has 2 amide bonds. The summed E-state index contributed by atoms with van der Waals surface area (Å²) in [5, 5.41) is 6.51. The predicted molar refractivity (Wildman–Crippen MR) is 122 cm³/mol. The Balaban J connectivity index is 0.00000280. The van der Waals surface area contributed by atoms with Crippen molar-refractivity contribution in [2.75, 3.05) is 40.3 Å². The van der Waals surface area contributed by atoms with E-state index in [1.54, 1.807) is 7.05 Å². The molecule has 2 bridgehead atoms. The highest BCUT2D eigenvalue weighted by Crippen LogP contribution is 2.52. The number of allylic oxidation sites excluding steroid dienone is 2. The molecule has 5 unspecified atom stereocenters. The van der Waals surface area contributed by atoms with Crippen LogP contribution in [0, 0.1) is 23.7 Å². The molecule has 2 fully saturated rings. The maximum Gasteiger partial charge on any atom is 0.233 e. The molecule has 0 aromatic rings. The van der Waals surface area contributed by atoms with Crippen molar-refractivity contribution in [3.05, 3.63) is 12.2 Å². The SMILES string of the molecule is CCC(C)N(C)CCNC(=NC)NCCN1C(=O)C2C3C=CC(C3)C2C1=O.I. The molecule has 3 rings (SSSR count). The maximum atomic E-state index is 12.7. The fourth-order valence-electron chi connectivity index (χ4n) is 4.57. The lowest BCUT2D eigenvalue weighted by Crippen LogP contribution is -2.45. The van der Waals surface area contributed by atoms with Gasteiger partial charge in [0.25, 0.3) is 0 Å². The number of nitrogens with one attached hydrogen (secondary N) is 2. The average molecular weight is 503 g/mol. The number of imide groups is 1. The van der Waals surface area contributed by atoms with Crippen LogP contribution in [0.1, 0.15) is 26.7 Å². The lowest BCUT2D eigenvalue weighted by Gasteiger charge is -2.24. The first-order chi connectivity index (χ1) is 13.0. The third-order valence-electron chi connectivity index (χ3n) is 6.51. The number of fused-ring (bicyclic) bond motifs is 5. The number of halogens is 1. The second-order valence-electron chi connectivity index (χ2n) is 7.99. The smallest absolute Gasteiger partial charge is 0.233 e.